The molecule has 0 aromatic heterocycles. The summed E-state index contributed by atoms with van der Waals surface area (Å²) in [7, 11) is 0. The van der Waals surface area contributed by atoms with Crippen LogP contribution in [0.15, 0.2) is 54.6 Å². The minimum Gasteiger partial charge on any atom is -0.480 e. The van der Waals surface area contributed by atoms with Gasteiger partial charge in [0.1, 0.15) is 6.04 Å². The summed E-state index contributed by atoms with van der Waals surface area (Å²) in [5.74, 6) is -2.03. The molecule has 1 aliphatic carbocycles. The van der Waals surface area contributed by atoms with Gasteiger partial charge in [-0.15, -0.1) is 0 Å². The molecule has 1 fully saturated rings. The Kier molecular flexibility index (Phi) is 6.35. The molecule has 162 valence electrons. The molecule has 1 aliphatic heterocycles. The summed E-state index contributed by atoms with van der Waals surface area (Å²) in [5, 5.41) is 13.0. The maximum Gasteiger partial charge on any atom is 0.327 e. The molecule has 2 N–H and O–H groups in total. The SMILES string of the molecule is O=C(C[C@@H]1c2ccccc2C(=O)N(C2CCCC2)[C@H]1C(=O)O)NCCc1ccccc1. The molecule has 2 aliphatic rings. The second kappa shape index (κ2) is 9.33. The zero-order valence-corrected chi connectivity index (χ0v) is 17.5. The van der Waals surface area contributed by atoms with Gasteiger partial charge >= 0.3 is 5.97 Å². The first-order valence-electron chi connectivity index (χ1n) is 11.0. The van der Waals surface area contributed by atoms with Gasteiger partial charge in [0.15, 0.2) is 0 Å². The number of carboxylic acids is 1. The molecule has 1 saturated carbocycles. The van der Waals surface area contributed by atoms with Gasteiger partial charge in [0.05, 0.1) is 0 Å². The topological polar surface area (TPSA) is 86.7 Å². The highest BCUT2D eigenvalue weighted by atomic mass is 16.4. The van der Waals surface area contributed by atoms with Crippen molar-refractivity contribution in [2.75, 3.05) is 6.54 Å². The van der Waals surface area contributed by atoms with Gasteiger partial charge < -0.3 is 15.3 Å². The van der Waals surface area contributed by atoms with E-state index in [-0.39, 0.29) is 24.3 Å². The largest absolute Gasteiger partial charge is 0.480 e. The Hall–Kier alpha value is -3.15. The average Bonchev–Trinajstić information content (AvgIpc) is 3.30. The molecule has 4 rings (SSSR count). The van der Waals surface area contributed by atoms with Crippen LogP contribution in [-0.4, -0.2) is 46.4 Å². The monoisotopic (exact) mass is 420 g/mol. The van der Waals surface area contributed by atoms with Crippen molar-refractivity contribution in [3.05, 3.63) is 71.3 Å². The fraction of sp³-hybridized carbons (Fsp3) is 0.400. The third-order valence-corrected chi connectivity index (χ3v) is 6.46. The van der Waals surface area contributed by atoms with Crippen molar-refractivity contribution in [2.45, 2.75) is 56.5 Å². The highest BCUT2D eigenvalue weighted by molar-refractivity contribution is 6.01. The van der Waals surface area contributed by atoms with Gasteiger partial charge in [-0.25, -0.2) is 4.79 Å². The van der Waals surface area contributed by atoms with E-state index in [1.54, 1.807) is 29.2 Å². The smallest absolute Gasteiger partial charge is 0.327 e. The zero-order chi connectivity index (χ0) is 21.8. The van der Waals surface area contributed by atoms with E-state index in [0.29, 0.717) is 24.1 Å². The van der Waals surface area contributed by atoms with E-state index in [1.807, 2.05) is 30.3 Å². The summed E-state index contributed by atoms with van der Waals surface area (Å²) in [6.45, 7) is 0.486. The first kappa shape index (κ1) is 21.1. The number of fused-ring (bicyclic) bond motifs is 1. The van der Waals surface area contributed by atoms with Gasteiger partial charge in [0, 0.05) is 30.5 Å². The molecule has 2 aromatic rings. The summed E-state index contributed by atoms with van der Waals surface area (Å²) in [5.41, 5.74) is 2.31. The minimum absolute atomic E-state index is 0.0409. The maximum absolute atomic E-state index is 13.2. The fourth-order valence-electron chi connectivity index (χ4n) is 5.00. The molecule has 0 saturated heterocycles. The standard InChI is InChI=1S/C25H28N2O4/c28-22(26-15-14-17-8-2-1-3-9-17)16-21-19-12-6-7-13-20(19)24(29)27(23(21)25(30)31)18-10-4-5-11-18/h1-3,6-9,12-13,18,21,23H,4-5,10-11,14-16H2,(H,26,28)(H,30,31)/t21-,23-/m1/s1. The van der Waals surface area contributed by atoms with Crippen LogP contribution in [0.4, 0.5) is 0 Å². The molecule has 0 unspecified atom stereocenters. The van der Waals surface area contributed by atoms with Crippen LogP contribution in [0.25, 0.3) is 0 Å². The van der Waals surface area contributed by atoms with E-state index in [1.165, 1.54) is 0 Å². The van der Waals surface area contributed by atoms with Crippen molar-refractivity contribution in [1.29, 1.82) is 0 Å². The number of nitrogens with one attached hydrogen (secondary N) is 1. The third kappa shape index (κ3) is 4.48. The number of benzene rings is 2. The molecule has 31 heavy (non-hydrogen) atoms. The van der Waals surface area contributed by atoms with E-state index >= 15 is 0 Å². The molecule has 6 heteroatoms. The Morgan fingerprint density at radius 1 is 1.00 bits per heavy atom. The third-order valence-electron chi connectivity index (χ3n) is 6.46. The molecule has 2 aromatic carbocycles. The normalized spacial score (nSPS) is 21.0. The van der Waals surface area contributed by atoms with E-state index in [0.717, 1.165) is 31.2 Å². The molecule has 2 atom stereocenters. The Bertz CT molecular complexity index is 953. The second-order valence-corrected chi connectivity index (χ2v) is 8.42. The molecule has 0 radical (unpaired) electrons. The average molecular weight is 421 g/mol. The number of hydrogen-bond donors (Lipinski definition) is 2. The Morgan fingerprint density at radius 3 is 2.39 bits per heavy atom. The lowest BCUT2D eigenvalue weighted by Crippen LogP contribution is -2.56. The number of amides is 2. The highest BCUT2D eigenvalue weighted by Crippen LogP contribution is 2.39. The van der Waals surface area contributed by atoms with E-state index < -0.39 is 17.9 Å². The van der Waals surface area contributed by atoms with Crippen molar-refractivity contribution < 1.29 is 19.5 Å². The highest BCUT2D eigenvalue weighted by Gasteiger charge is 2.47. The molecule has 6 nitrogen and oxygen atoms in total. The van der Waals surface area contributed by atoms with Crippen LogP contribution in [0, 0.1) is 0 Å². The van der Waals surface area contributed by atoms with Gasteiger partial charge in [-0.1, -0.05) is 61.4 Å². The maximum atomic E-state index is 13.2. The van der Waals surface area contributed by atoms with Crippen LogP contribution in [0.2, 0.25) is 0 Å². The van der Waals surface area contributed by atoms with Gasteiger partial charge in [-0.3, -0.25) is 9.59 Å². The molecule has 0 spiro atoms. The molecule has 2 amide bonds. The molecular weight excluding hydrogens is 392 g/mol. The van der Waals surface area contributed by atoms with Crippen LogP contribution in [0.3, 0.4) is 0 Å². The van der Waals surface area contributed by atoms with Gasteiger partial charge in [0.2, 0.25) is 5.91 Å². The van der Waals surface area contributed by atoms with Crippen molar-refractivity contribution in [3.63, 3.8) is 0 Å². The van der Waals surface area contributed by atoms with E-state index in [4.69, 9.17) is 0 Å². The van der Waals surface area contributed by atoms with Crippen molar-refractivity contribution in [3.8, 4) is 0 Å². The molecule has 0 bridgehead atoms. The quantitative estimate of drug-likeness (QED) is 0.719. The van der Waals surface area contributed by atoms with Crippen LogP contribution < -0.4 is 5.32 Å². The zero-order valence-electron chi connectivity index (χ0n) is 17.5. The summed E-state index contributed by atoms with van der Waals surface area (Å²) in [6, 6.07) is 15.9. The van der Waals surface area contributed by atoms with Crippen LogP contribution in [0.1, 0.15) is 59.5 Å². The summed E-state index contributed by atoms with van der Waals surface area (Å²) < 4.78 is 0. The molecular formula is C25H28N2O4. The Labute approximate surface area is 182 Å². The Balaban J connectivity index is 1.54. The van der Waals surface area contributed by atoms with Gasteiger partial charge in [-0.2, -0.15) is 0 Å². The van der Waals surface area contributed by atoms with E-state index in [9.17, 15) is 19.5 Å². The lowest BCUT2D eigenvalue weighted by Gasteiger charge is -2.42. The number of carbonyl (C=O) groups excluding carboxylic acids is 2. The first-order valence-corrected chi connectivity index (χ1v) is 11.0. The number of carbonyl (C=O) groups is 3. The lowest BCUT2D eigenvalue weighted by molar-refractivity contribution is -0.144. The van der Waals surface area contributed by atoms with Crippen molar-refractivity contribution >= 4 is 17.8 Å². The summed E-state index contributed by atoms with van der Waals surface area (Å²) >= 11 is 0. The van der Waals surface area contributed by atoms with Crippen molar-refractivity contribution in [2.24, 2.45) is 0 Å². The van der Waals surface area contributed by atoms with Crippen LogP contribution >= 0.6 is 0 Å². The fourth-order valence-corrected chi connectivity index (χ4v) is 5.00. The van der Waals surface area contributed by atoms with Crippen LogP contribution in [0.5, 0.6) is 0 Å². The predicted molar refractivity (Wildman–Crippen MR) is 117 cm³/mol. The minimum atomic E-state index is -1.04. The molecule has 1 heterocycles. The van der Waals surface area contributed by atoms with Gasteiger partial charge in [-0.05, 0) is 36.5 Å². The summed E-state index contributed by atoms with van der Waals surface area (Å²) in [6.07, 6.45) is 4.36. The van der Waals surface area contributed by atoms with E-state index in [2.05, 4.69) is 5.32 Å². The predicted octanol–water partition coefficient (Wildman–Crippen LogP) is 3.37. The number of aliphatic carboxylic acids is 1. The van der Waals surface area contributed by atoms with Crippen LogP contribution in [-0.2, 0) is 16.0 Å². The summed E-state index contributed by atoms with van der Waals surface area (Å²) in [4.78, 5) is 39.9. The Morgan fingerprint density at radius 2 is 1.68 bits per heavy atom. The number of hydrogen-bond acceptors (Lipinski definition) is 3. The van der Waals surface area contributed by atoms with Crippen molar-refractivity contribution in [1.82, 2.24) is 10.2 Å². The van der Waals surface area contributed by atoms with Gasteiger partial charge in [0.25, 0.3) is 5.91 Å². The number of rotatable bonds is 7. The number of nitrogens with zero attached hydrogens (tertiary/aromatic N) is 1. The number of carboxylic acid groups (broad SMARTS) is 1. The second-order valence-electron chi connectivity index (χ2n) is 8.42. The first-order chi connectivity index (χ1) is 15.1. The lowest BCUT2D eigenvalue weighted by atomic mass is 9.79.